The van der Waals surface area contributed by atoms with Crippen molar-refractivity contribution < 1.29 is 17.6 Å². The molecule has 0 spiro atoms. The third-order valence-electron chi connectivity index (χ3n) is 10.5. The van der Waals surface area contributed by atoms with Gasteiger partial charge in [-0.3, -0.25) is 9.36 Å². The van der Waals surface area contributed by atoms with E-state index in [2.05, 4.69) is 0 Å². The van der Waals surface area contributed by atoms with Gasteiger partial charge in [-0.05, 0) is 97.4 Å². The van der Waals surface area contributed by atoms with Crippen LogP contribution in [0.4, 0.5) is 17.6 Å². The Morgan fingerprint density at radius 2 is 1.59 bits per heavy atom. The SMILES string of the molecule is CCc1ccc(-n2c(C(Cc3cc(F)cc(F)c3)C(C)CC)nc3nc(C4CCC(F)(F)CC4)cc(CC)c3c2=O)c(C)c1C(=N)C(C)C. The van der Waals surface area contributed by atoms with Gasteiger partial charge in [0.2, 0.25) is 5.92 Å². The maximum Gasteiger partial charge on any atom is 0.267 e. The normalized spacial score (nSPS) is 16.3. The van der Waals surface area contributed by atoms with E-state index in [1.807, 2.05) is 66.7 Å². The minimum atomic E-state index is -2.68. The van der Waals surface area contributed by atoms with Crippen LogP contribution >= 0.6 is 0 Å². The van der Waals surface area contributed by atoms with Crippen molar-refractivity contribution in [1.29, 1.82) is 5.41 Å². The lowest BCUT2D eigenvalue weighted by atomic mass is 9.83. The average molecular weight is 677 g/mol. The fourth-order valence-electron chi connectivity index (χ4n) is 7.37. The summed E-state index contributed by atoms with van der Waals surface area (Å²) in [6.07, 6.45) is 2.33. The summed E-state index contributed by atoms with van der Waals surface area (Å²) in [4.78, 5) is 25.1. The van der Waals surface area contributed by atoms with Crippen molar-refractivity contribution >= 4 is 16.7 Å². The van der Waals surface area contributed by atoms with Crippen molar-refractivity contribution in [2.24, 2.45) is 11.8 Å². The van der Waals surface area contributed by atoms with E-state index in [1.54, 1.807) is 4.57 Å². The van der Waals surface area contributed by atoms with Gasteiger partial charge in [-0.1, -0.05) is 54.0 Å². The van der Waals surface area contributed by atoms with Crippen molar-refractivity contribution in [3.63, 3.8) is 0 Å². The Kier molecular flexibility index (Phi) is 10.8. The van der Waals surface area contributed by atoms with Gasteiger partial charge in [0.15, 0.2) is 5.65 Å². The predicted molar refractivity (Wildman–Crippen MR) is 189 cm³/mol. The second-order valence-corrected chi connectivity index (χ2v) is 14.1. The number of benzene rings is 2. The third kappa shape index (κ3) is 7.36. The second-order valence-electron chi connectivity index (χ2n) is 14.1. The minimum absolute atomic E-state index is 0.0463. The van der Waals surface area contributed by atoms with Crippen LogP contribution in [0, 0.1) is 35.8 Å². The molecule has 9 heteroatoms. The first-order valence-electron chi connectivity index (χ1n) is 17.7. The van der Waals surface area contributed by atoms with E-state index in [9.17, 15) is 17.6 Å². The molecule has 1 fully saturated rings. The van der Waals surface area contributed by atoms with Crippen molar-refractivity contribution in [1.82, 2.24) is 14.5 Å². The zero-order valence-corrected chi connectivity index (χ0v) is 29.7. The van der Waals surface area contributed by atoms with Crippen LogP contribution in [0.25, 0.3) is 16.7 Å². The first-order valence-corrected chi connectivity index (χ1v) is 17.7. The van der Waals surface area contributed by atoms with Crippen molar-refractivity contribution in [2.45, 2.75) is 118 Å². The van der Waals surface area contributed by atoms with Crippen LogP contribution in [0.5, 0.6) is 0 Å². The number of hydrogen-bond acceptors (Lipinski definition) is 4. The Labute approximate surface area is 286 Å². The zero-order valence-electron chi connectivity index (χ0n) is 29.7. The largest absolute Gasteiger partial charge is 0.304 e. The minimum Gasteiger partial charge on any atom is -0.304 e. The van der Waals surface area contributed by atoms with Crippen LogP contribution in [0.2, 0.25) is 0 Å². The Morgan fingerprint density at radius 1 is 0.959 bits per heavy atom. The molecule has 0 saturated heterocycles. The molecule has 2 atom stereocenters. The highest BCUT2D eigenvalue weighted by atomic mass is 19.3. The van der Waals surface area contributed by atoms with Crippen LogP contribution in [-0.2, 0) is 19.3 Å². The van der Waals surface area contributed by atoms with Crippen molar-refractivity contribution in [3.05, 3.63) is 97.7 Å². The van der Waals surface area contributed by atoms with Crippen molar-refractivity contribution in [2.75, 3.05) is 0 Å². The summed E-state index contributed by atoms with van der Waals surface area (Å²) in [5, 5.41) is 9.39. The molecule has 49 heavy (non-hydrogen) atoms. The molecule has 1 saturated carbocycles. The average Bonchev–Trinajstić information content (AvgIpc) is 3.05. The number of hydrogen-bond donors (Lipinski definition) is 1. The molecule has 1 aliphatic carbocycles. The molecule has 5 nitrogen and oxygen atoms in total. The maximum atomic E-state index is 15.0. The number of aryl methyl sites for hydroxylation is 2. The molecule has 0 bridgehead atoms. The Hall–Kier alpha value is -3.88. The van der Waals surface area contributed by atoms with Gasteiger partial charge in [-0.15, -0.1) is 0 Å². The molecule has 2 aromatic heterocycles. The summed E-state index contributed by atoms with van der Waals surface area (Å²) in [6.45, 7) is 14.0. The predicted octanol–water partition coefficient (Wildman–Crippen LogP) is 10.2. The quantitative estimate of drug-likeness (QED) is 0.127. The number of nitrogens with zero attached hydrogens (tertiary/aromatic N) is 3. The van der Waals surface area contributed by atoms with Gasteiger partial charge in [0.25, 0.3) is 5.56 Å². The van der Waals surface area contributed by atoms with Gasteiger partial charge in [-0.2, -0.15) is 0 Å². The summed E-state index contributed by atoms with van der Waals surface area (Å²) in [5.41, 5.74) is 5.50. The Balaban J connectivity index is 1.84. The number of aromatic nitrogens is 3. The fourth-order valence-corrected chi connectivity index (χ4v) is 7.37. The molecule has 2 unspecified atom stereocenters. The number of alkyl halides is 2. The highest BCUT2D eigenvalue weighted by molar-refractivity contribution is 6.02. The fraction of sp³-hybridized carbons (Fsp3) is 0.500. The molecule has 1 N–H and O–H groups in total. The van der Waals surface area contributed by atoms with E-state index in [-0.39, 0.29) is 48.2 Å². The monoisotopic (exact) mass is 676 g/mol. The maximum absolute atomic E-state index is 15.0. The molecule has 262 valence electrons. The smallest absolute Gasteiger partial charge is 0.267 e. The number of fused-ring (bicyclic) bond motifs is 1. The number of halogens is 4. The van der Waals surface area contributed by atoms with E-state index in [1.165, 1.54) is 12.1 Å². The Bertz CT molecular complexity index is 1900. The summed E-state index contributed by atoms with van der Waals surface area (Å²) >= 11 is 0. The van der Waals surface area contributed by atoms with Gasteiger partial charge in [0, 0.05) is 47.7 Å². The summed E-state index contributed by atoms with van der Waals surface area (Å²) in [5.74, 6) is -4.33. The van der Waals surface area contributed by atoms with Crippen LogP contribution in [-0.4, -0.2) is 26.2 Å². The highest BCUT2D eigenvalue weighted by Gasteiger charge is 2.36. The van der Waals surface area contributed by atoms with Crippen LogP contribution in [0.1, 0.15) is 125 Å². The summed E-state index contributed by atoms with van der Waals surface area (Å²) in [6, 6.07) is 9.24. The molecule has 2 aromatic carbocycles. The molecular weight excluding hydrogens is 628 g/mol. The van der Waals surface area contributed by atoms with E-state index in [0.29, 0.717) is 66.0 Å². The lowest BCUT2D eigenvalue weighted by molar-refractivity contribution is -0.0384. The lowest BCUT2D eigenvalue weighted by Gasteiger charge is -2.29. The van der Waals surface area contributed by atoms with Gasteiger partial charge in [-0.25, -0.2) is 27.5 Å². The first-order chi connectivity index (χ1) is 23.2. The number of nitrogens with one attached hydrogen (secondary N) is 1. The van der Waals surface area contributed by atoms with E-state index in [4.69, 9.17) is 15.4 Å². The first kappa shape index (κ1) is 36.4. The standard InChI is InChI=1S/C40H48F4N4O/c1-8-23(6)31(19-25-17-29(41)21-30(42)18-25)38-47-37-35(27(10-3)20-32(46-37)28-13-15-40(43,44)16-14-28)39(49)48(38)33-12-11-26(9-2)34(24(33)7)36(45)22(4)5/h11-12,17-18,20-23,28,31,45H,8-10,13-16,19H2,1-7H3. The van der Waals surface area contributed by atoms with Crippen LogP contribution in [0.3, 0.4) is 0 Å². The Morgan fingerprint density at radius 3 is 2.16 bits per heavy atom. The van der Waals surface area contributed by atoms with Gasteiger partial charge in [0.1, 0.15) is 17.5 Å². The summed E-state index contributed by atoms with van der Waals surface area (Å²) in [7, 11) is 0. The van der Waals surface area contributed by atoms with Crippen LogP contribution in [0.15, 0.2) is 41.2 Å². The second kappa shape index (κ2) is 14.5. The zero-order chi connectivity index (χ0) is 35.8. The molecule has 1 aliphatic rings. The molecule has 5 rings (SSSR count). The van der Waals surface area contributed by atoms with E-state index >= 15 is 4.79 Å². The van der Waals surface area contributed by atoms with Gasteiger partial charge >= 0.3 is 0 Å². The molecule has 2 heterocycles. The molecule has 0 radical (unpaired) electrons. The lowest BCUT2D eigenvalue weighted by Crippen LogP contribution is -2.31. The molecular formula is C40H48F4N4O. The highest BCUT2D eigenvalue weighted by Crippen LogP contribution is 2.41. The molecule has 0 aliphatic heterocycles. The van der Waals surface area contributed by atoms with E-state index < -0.39 is 23.5 Å². The van der Waals surface area contributed by atoms with Crippen molar-refractivity contribution in [3.8, 4) is 5.69 Å². The van der Waals surface area contributed by atoms with Crippen LogP contribution < -0.4 is 5.56 Å². The molecule has 4 aromatic rings. The molecule has 0 amide bonds. The van der Waals surface area contributed by atoms with E-state index in [0.717, 1.165) is 28.3 Å². The third-order valence-corrected chi connectivity index (χ3v) is 10.5. The van der Waals surface area contributed by atoms with Gasteiger partial charge < -0.3 is 5.41 Å². The van der Waals surface area contributed by atoms with Gasteiger partial charge in [0.05, 0.1) is 11.1 Å². The summed E-state index contributed by atoms with van der Waals surface area (Å²) < 4.78 is 58.7. The number of rotatable bonds is 11. The topological polar surface area (TPSA) is 71.6 Å². The number of pyridine rings is 1.